The highest BCUT2D eigenvalue weighted by molar-refractivity contribution is 5.51. The van der Waals surface area contributed by atoms with Gasteiger partial charge >= 0.3 is 0 Å². The van der Waals surface area contributed by atoms with Gasteiger partial charge in [-0.3, -0.25) is 0 Å². The van der Waals surface area contributed by atoms with E-state index in [1.807, 2.05) is 13.0 Å². The number of nitrogens with zero attached hydrogens (tertiary/aromatic N) is 3. The molecule has 21 heavy (non-hydrogen) atoms. The standard InChI is InChI=1S/C15H15N5O/c1-9-13(20-17)18-14(10-6-7-10)19-15(9)21-12-5-3-2-4-11(12)8-16/h2-5,10H,6-7,17H2,1H3,(H,18,19,20). The highest BCUT2D eigenvalue weighted by Crippen LogP contribution is 2.40. The van der Waals surface area contributed by atoms with Crippen molar-refractivity contribution in [2.75, 3.05) is 5.43 Å². The zero-order chi connectivity index (χ0) is 14.8. The first-order valence-electron chi connectivity index (χ1n) is 6.75. The molecule has 2 aromatic rings. The molecule has 1 heterocycles. The third-order valence-corrected chi connectivity index (χ3v) is 3.41. The van der Waals surface area contributed by atoms with Crippen LogP contribution in [0.4, 0.5) is 5.82 Å². The van der Waals surface area contributed by atoms with E-state index in [4.69, 9.17) is 15.8 Å². The van der Waals surface area contributed by atoms with E-state index in [1.54, 1.807) is 18.2 Å². The molecule has 1 saturated carbocycles. The van der Waals surface area contributed by atoms with Crippen LogP contribution >= 0.6 is 0 Å². The van der Waals surface area contributed by atoms with E-state index in [-0.39, 0.29) is 0 Å². The minimum absolute atomic E-state index is 0.381. The average molecular weight is 281 g/mol. The second-order valence-electron chi connectivity index (χ2n) is 4.99. The Labute approximate surface area is 122 Å². The van der Waals surface area contributed by atoms with Gasteiger partial charge in [-0.15, -0.1) is 0 Å². The molecule has 3 N–H and O–H groups in total. The van der Waals surface area contributed by atoms with Crippen LogP contribution in [-0.2, 0) is 0 Å². The van der Waals surface area contributed by atoms with E-state index in [1.165, 1.54) is 0 Å². The summed E-state index contributed by atoms with van der Waals surface area (Å²) in [5.74, 6) is 8.09. The molecule has 3 rings (SSSR count). The van der Waals surface area contributed by atoms with Gasteiger partial charge in [0.15, 0.2) is 5.82 Å². The van der Waals surface area contributed by atoms with Gasteiger partial charge in [0.25, 0.3) is 0 Å². The number of nitriles is 1. The van der Waals surface area contributed by atoms with E-state index in [0.717, 1.165) is 24.2 Å². The summed E-state index contributed by atoms with van der Waals surface area (Å²) < 4.78 is 5.82. The van der Waals surface area contributed by atoms with Gasteiger partial charge in [0.05, 0.1) is 11.1 Å². The Kier molecular flexibility index (Phi) is 3.42. The Bertz CT molecular complexity index is 718. The fourth-order valence-electron chi connectivity index (χ4n) is 2.03. The number of nitrogens with two attached hydrogens (primary N) is 1. The van der Waals surface area contributed by atoms with Crippen molar-refractivity contribution < 1.29 is 4.74 Å². The molecule has 1 aliphatic rings. The summed E-state index contributed by atoms with van der Waals surface area (Å²) in [6.07, 6.45) is 2.17. The number of para-hydroxylation sites is 1. The van der Waals surface area contributed by atoms with Crippen molar-refractivity contribution in [2.45, 2.75) is 25.7 Å². The molecule has 0 amide bonds. The van der Waals surface area contributed by atoms with Gasteiger partial charge in [0, 0.05) is 5.92 Å². The molecule has 0 atom stereocenters. The molecule has 6 nitrogen and oxygen atoms in total. The Balaban J connectivity index is 2.01. The SMILES string of the molecule is Cc1c(NN)nc(C2CC2)nc1Oc1ccccc1C#N. The van der Waals surface area contributed by atoms with Gasteiger partial charge < -0.3 is 10.2 Å². The van der Waals surface area contributed by atoms with Crippen LogP contribution in [0.5, 0.6) is 11.6 Å². The van der Waals surface area contributed by atoms with Gasteiger partial charge in [-0.1, -0.05) is 12.1 Å². The third kappa shape index (κ3) is 2.64. The van der Waals surface area contributed by atoms with Crippen molar-refractivity contribution in [3.05, 3.63) is 41.2 Å². The summed E-state index contributed by atoms with van der Waals surface area (Å²) in [6.45, 7) is 1.83. The molecule has 0 unspecified atom stereocenters. The van der Waals surface area contributed by atoms with Gasteiger partial charge in [-0.05, 0) is 31.9 Å². The number of aromatic nitrogens is 2. The molecule has 1 aliphatic carbocycles. The van der Waals surface area contributed by atoms with Crippen LogP contribution in [0.15, 0.2) is 24.3 Å². The summed E-state index contributed by atoms with van der Waals surface area (Å²) >= 11 is 0. The number of nitrogens with one attached hydrogen (secondary N) is 1. The lowest BCUT2D eigenvalue weighted by atomic mass is 10.2. The molecule has 1 aromatic heterocycles. The molecule has 106 valence electrons. The van der Waals surface area contributed by atoms with Gasteiger partial charge in [0.1, 0.15) is 17.6 Å². The topological polar surface area (TPSA) is 96.8 Å². The maximum absolute atomic E-state index is 9.12. The summed E-state index contributed by atoms with van der Waals surface area (Å²) in [4.78, 5) is 8.88. The minimum atomic E-state index is 0.381. The Hall–Kier alpha value is -2.65. The van der Waals surface area contributed by atoms with E-state index >= 15 is 0 Å². The van der Waals surface area contributed by atoms with Crippen molar-refractivity contribution >= 4 is 5.82 Å². The molecule has 0 bridgehead atoms. The predicted molar refractivity (Wildman–Crippen MR) is 77.8 cm³/mol. The molecule has 0 aliphatic heterocycles. The number of benzene rings is 1. The first-order valence-corrected chi connectivity index (χ1v) is 6.75. The molecule has 0 spiro atoms. The number of anilines is 1. The lowest BCUT2D eigenvalue weighted by Gasteiger charge is -2.13. The highest BCUT2D eigenvalue weighted by atomic mass is 16.5. The van der Waals surface area contributed by atoms with Crippen LogP contribution in [0.25, 0.3) is 0 Å². The average Bonchev–Trinajstić information content (AvgIpc) is 3.34. The molecule has 1 fully saturated rings. The maximum atomic E-state index is 9.12. The number of hydrogen-bond donors (Lipinski definition) is 2. The fraction of sp³-hybridized carbons (Fsp3) is 0.267. The lowest BCUT2D eigenvalue weighted by molar-refractivity contribution is 0.453. The second kappa shape index (κ2) is 5.38. The predicted octanol–water partition coefficient (Wildman–Crippen LogP) is 2.61. The van der Waals surface area contributed by atoms with E-state index in [9.17, 15) is 0 Å². The first-order chi connectivity index (χ1) is 10.2. The van der Waals surface area contributed by atoms with Crippen molar-refractivity contribution in [2.24, 2.45) is 5.84 Å². The smallest absolute Gasteiger partial charge is 0.227 e. The minimum Gasteiger partial charge on any atom is -0.437 e. The molecule has 1 aromatic carbocycles. The normalized spacial score (nSPS) is 13.6. The summed E-state index contributed by atoms with van der Waals surface area (Å²) in [6, 6.07) is 9.16. The number of rotatable bonds is 4. The highest BCUT2D eigenvalue weighted by Gasteiger charge is 2.28. The molecule has 0 radical (unpaired) electrons. The zero-order valence-electron chi connectivity index (χ0n) is 11.6. The van der Waals surface area contributed by atoms with Crippen LogP contribution in [-0.4, -0.2) is 9.97 Å². The zero-order valence-corrected chi connectivity index (χ0v) is 11.6. The van der Waals surface area contributed by atoms with Gasteiger partial charge in [-0.2, -0.15) is 10.2 Å². The summed E-state index contributed by atoms with van der Waals surface area (Å²) in [5, 5.41) is 9.12. The molecule has 0 saturated heterocycles. The number of hydrazine groups is 1. The van der Waals surface area contributed by atoms with Gasteiger partial charge in [0.2, 0.25) is 5.88 Å². The van der Waals surface area contributed by atoms with Crippen LogP contribution in [0.2, 0.25) is 0 Å². The molecular weight excluding hydrogens is 266 g/mol. The van der Waals surface area contributed by atoms with Crippen molar-refractivity contribution in [3.63, 3.8) is 0 Å². The van der Waals surface area contributed by atoms with E-state index in [2.05, 4.69) is 21.5 Å². The third-order valence-electron chi connectivity index (χ3n) is 3.41. The summed E-state index contributed by atoms with van der Waals surface area (Å²) in [7, 11) is 0. The van der Waals surface area contributed by atoms with Crippen LogP contribution in [0.1, 0.15) is 35.7 Å². The van der Waals surface area contributed by atoms with Crippen LogP contribution in [0, 0.1) is 18.3 Å². The number of hydrogen-bond acceptors (Lipinski definition) is 6. The van der Waals surface area contributed by atoms with Crippen molar-refractivity contribution in [3.8, 4) is 17.7 Å². The quantitative estimate of drug-likeness (QED) is 0.660. The van der Waals surface area contributed by atoms with Crippen LogP contribution in [0.3, 0.4) is 0 Å². The summed E-state index contributed by atoms with van der Waals surface area (Å²) in [5.41, 5.74) is 3.76. The van der Waals surface area contributed by atoms with Gasteiger partial charge in [-0.25, -0.2) is 10.8 Å². The second-order valence-corrected chi connectivity index (χ2v) is 4.99. The Morgan fingerprint density at radius 2 is 2.10 bits per heavy atom. The Morgan fingerprint density at radius 3 is 2.76 bits per heavy atom. The Morgan fingerprint density at radius 1 is 1.33 bits per heavy atom. The lowest BCUT2D eigenvalue weighted by Crippen LogP contribution is -2.13. The van der Waals surface area contributed by atoms with E-state index < -0.39 is 0 Å². The largest absolute Gasteiger partial charge is 0.437 e. The molecular formula is C15H15N5O. The number of ether oxygens (including phenoxy) is 1. The van der Waals surface area contributed by atoms with Crippen molar-refractivity contribution in [1.29, 1.82) is 5.26 Å². The fourth-order valence-corrected chi connectivity index (χ4v) is 2.03. The monoisotopic (exact) mass is 281 g/mol. The molecule has 6 heteroatoms. The maximum Gasteiger partial charge on any atom is 0.227 e. The van der Waals surface area contributed by atoms with Crippen LogP contribution < -0.4 is 16.0 Å². The van der Waals surface area contributed by atoms with Crippen molar-refractivity contribution in [1.82, 2.24) is 9.97 Å². The first kappa shape index (κ1) is 13.3. The van der Waals surface area contributed by atoms with E-state index in [0.29, 0.717) is 28.9 Å². The number of nitrogen functional groups attached to an aromatic ring is 1.